The Morgan fingerprint density at radius 2 is 1.87 bits per heavy atom. The van der Waals surface area contributed by atoms with Crippen molar-refractivity contribution >= 4 is 16.9 Å². The number of nitrogens with one attached hydrogen (secondary N) is 2. The average molecular weight is 412 g/mol. The predicted molar refractivity (Wildman–Crippen MR) is 120 cm³/mol. The van der Waals surface area contributed by atoms with E-state index in [4.69, 9.17) is 0 Å². The number of carbonyl (C=O) groups is 1. The molecule has 2 heterocycles. The number of hydrogen-bond donors (Lipinski definition) is 3. The number of hydrogen-bond acceptors (Lipinski definition) is 4. The number of phenols is 1. The van der Waals surface area contributed by atoms with Crippen LogP contribution in [-0.4, -0.2) is 32.2 Å². The van der Waals surface area contributed by atoms with Crippen LogP contribution < -0.4 is 5.32 Å². The molecule has 5 rings (SSSR count). The van der Waals surface area contributed by atoms with Crippen molar-refractivity contribution in [1.29, 1.82) is 0 Å². The number of amides is 1. The molecule has 0 radical (unpaired) electrons. The van der Waals surface area contributed by atoms with Crippen molar-refractivity contribution in [3.8, 4) is 17.0 Å². The molecule has 0 bridgehead atoms. The van der Waals surface area contributed by atoms with Gasteiger partial charge in [0.2, 0.25) is 0 Å². The molecule has 1 saturated carbocycles. The van der Waals surface area contributed by atoms with E-state index in [1.54, 1.807) is 24.3 Å². The van der Waals surface area contributed by atoms with Crippen LogP contribution in [0.1, 0.15) is 46.8 Å². The second-order valence-corrected chi connectivity index (χ2v) is 8.18. The molecule has 2 unspecified atom stereocenters. The molecule has 0 aliphatic heterocycles. The third-order valence-corrected chi connectivity index (χ3v) is 6.17. The maximum atomic E-state index is 13.5. The van der Waals surface area contributed by atoms with Crippen molar-refractivity contribution in [3.63, 3.8) is 0 Å². The number of carbonyl (C=O) groups excluding carboxylic acids is 1. The predicted octanol–water partition coefficient (Wildman–Crippen LogP) is 4.71. The minimum Gasteiger partial charge on any atom is -0.508 e. The van der Waals surface area contributed by atoms with Gasteiger partial charge >= 0.3 is 0 Å². The summed E-state index contributed by atoms with van der Waals surface area (Å²) in [5, 5.41) is 20.9. The Balaban J connectivity index is 1.50. The SMILES string of the molecule is Cc1[nH]nc2nc(-c3ccc(O)cc3)cc(C(=O)NC3CCCC3c3ccccc3)c12. The molecule has 1 fully saturated rings. The fourth-order valence-electron chi connectivity index (χ4n) is 4.61. The monoisotopic (exact) mass is 412 g/mol. The number of nitrogens with zero attached hydrogens (tertiary/aromatic N) is 2. The van der Waals surface area contributed by atoms with E-state index in [2.05, 4.69) is 44.8 Å². The highest BCUT2D eigenvalue weighted by molar-refractivity contribution is 6.07. The second-order valence-electron chi connectivity index (χ2n) is 8.18. The van der Waals surface area contributed by atoms with Gasteiger partial charge in [0.25, 0.3) is 5.91 Å². The summed E-state index contributed by atoms with van der Waals surface area (Å²) in [6.07, 6.45) is 3.14. The van der Waals surface area contributed by atoms with Gasteiger partial charge in [0.1, 0.15) is 5.75 Å². The summed E-state index contributed by atoms with van der Waals surface area (Å²) in [5.41, 5.74) is 4.63. The lowest BCUT2D eigenvalue weighted by atomic mass is 9.93. The molecule has 1 amide bonds. The topological polar surface area (TPSA) is 90.9 Å². The molecular weight excluding hydrogens is 388 g/mol. The van der Waals surface area contributed by atoms with Crippen molar-refractivity contribution in [2.45, 2.75) is 38.1 Å². The number of aromatic hydroxyl groups is 1. The first-order valence-corrected chi connectivity index (χ1v) is 10.6. The molecule has 1 aliphatic rings. The molecule has 2 aromatic heterocycles. The zero-order chi connectivity index (χ0) is 21.4. The molecule has 6 nitrogen and oxygen atoms in total. The Morgan fingerprint density at radius 1 is 1.10 bits per heavy atom. The third kappa shape index (κ3) is 3.65. The first-order chi connectivity index (χ1) is 15.1. The molecule has 31 heavy (non-hydrogen) atoms. The smallest absolute Gasteiger partial charge is 0.252 e. The summed E-state index contributed by atoms with van der Waals surface area (Å²) < 4.78 is 0. The average Bonchev–Trinajstić information content (AvgIpc) is 3.41. The third-order valence-electron chi connectivity index (χ3n) is 6.17. The van der Waals surface area contributed by atoms with Crippen molar-refractivity contribution < 1.29 is 9.90 Å². The molecule has 0 spiro atoms. The number of rotatable bonds is 4. The Morgan fingerprint density at radius 3 is 2.65 bits per heavy atom. The number of H-pyrrole nitrogens is 1. The van der Waals surface area contributed by atoms with Crippen LogP contribution in [0.3, 0.4) is 0 Å². The highest BCUT2D eigenvalue weighted by atomic mass is 16.3. The van der Waals surface area contributed by atoms with Gasteiger partial charge in [-0.25, -0.2) is 4.98 Å². The molecule has 4 aromatic rings. The van der Waals surface area contributed by atoms with Crippen LogP contribution in [0.2, 0.25) is 0 Å². The van der Waals surface area contributed by atoms with Gasteiger partial charge in [0.05, 0.1) is 16.6 Å². The van der Waals surface area contributed by atoms with Crippen molar-refractivity contribution in [3.05, 3.63) is 77.5 Å². The fourth-order valence-corrected chi connectivity index (χ4v) is 4.61. The zero-order valence-electron chi connectivity index (χ0n) is 17.3. The number of pyridine rings is 1. The number of phenolic OH excluding ortho intramolecular Hbond substituents is 1. The minimum atomic E-state index is -0.107. The summed E-state index contributed by atoms with van der Waals surface area (Å²) in [5.74, 6) is 0.404. The first-order valence-electron chi connectivity index (χ1n) is 10.6. The summed E-state index contributed by atoms with van der Waals surface area (Å²) in [6, 6.07) is 19.1. The van der Waals surface area contributed by atoms with Crippen LogP contribution in [-0.2, 0) is 0 Å². The summed E-state index contributed by atoms with van der Waals surface area (Å²) in [4.78, 5) is 18.1. The quantitative estimate of drug-likeness (QED) is 0.453. The molecular formula is C25H24N4O2. The van der Waals surface area contributed by atoms with Crippen LogP contribution in [0.25, 0.3) is 22.3 Å². The van der Waals surface area contributed by atoms with Gasteiger partial charge in [-0.05, 0) is 55.7 Å². The van der Waals surface area contributed by atoms with Gasteiger partial charge in [0.15, 0.2) is 5.65 Å². The van der Waals surface area contributed by atoms with Crippen molar-refractivity contribution in [2.24, 2.45) is 0 Å². The van der Waals surface area contributed by atoms with E-state index >= 15 is 0 Å². The van der Waals surface area contributed by atoms with Gasteiger partial charge in [-0.15, -0.1) is 0 Å². The highest BCUT2D eigenvalue weighted by Crippen LogP contribution is 2.35. The Labute approximate surface area is 180 Å². The van der Waals surface area contributed by atoms with Crippen LogP contribution in [0.4, 0.5) is 0 Å². The van der Waals surface area contributed by atoms with Crippen LogP contribution in [0.15, 0.2) is 60.7 Å². The Hall–Kier alpha value is -3.67. The summed E-state index contributed by atoms with van der Waals surface area (Å²) in [6.45, 7) is 1.90. The van der Waals surface area contributed by atoms with Gasteiger partial charge in [0, 0.05) is 23.2 Å². The van der Waals surface area contributed by atoms with Gasteiger partial charge in [-0.3, -0.25) is 9.89 Å². The largest absolute Gasteiger partial charge is 0.508 e. The molecule has 0 saturated heterocycles. The van der Waals surface area contributed by atoms with Gasteiger partial charge in [-0.2, -0.15) is 5.10 Å². The maximum absolute atomic E-state index is 13.5. The number of benzene rings is 2. The number of fused-ring (bicyclic) bond motifs is 1. The normalized spacial score (nSPS) is 18.4. The maximum Gasteiger partial charge on any atom is 0.252 e. The lowest BCUT2D eigenvalue weighted by Crippen LogP contribution is -2.36. The molecule has 2 aromatic carbocycles. The van der Waals surface area contributed by atoms with E-state index in [1.165, 1.54) is 5.56 Å². The zero-order valence-corrected chi connectivity index (χ0v) is 17.3. The van der Waals surface area contributed by atoms with E-state index in [-0.39, 0.29) is 17.7 Å². The minimum absolute atomic E-state index is 0.0995. The second kappa shape index (κ2) is 7.87. The fraction of sp³-hybridized carbons (Fsp3) is 0.240. The number of aromatic nitrogens is 3. The standard InChI is InChI=1S/C25H24N4O2/c1-15-23-20(14-22(26-24(23)29-28-15)17-10-12-18(30)13-11-17)25(31)27-21-9-5-8-19(21)16-6-3-2-4-7-16/h2-4,6-7,10-14,19,21,30H,5,8-9H2,1H3,(H,27,31)(H,26,28,29). The number of aromatic amines is 1. The molecule has 1 aliphatic carbocycles. The van der Waals surface area contributed by atoms with Gasteiger partial charge < -0.3 is 10.4 Å². The highest BCUT2D eigenvalue weighted by Gasteiger charge is 2.30. The van der Waals surface area contributed by atoms with Crippen molar-refractivity contribution in [1.82, 2.24) is 20.5 Å². The van der Waals surface area contributed by atoms with Gasteiger partial charge in [-0.1, -0.05) is 36.8 Å². The van der Waals surface area contributed by atoms with Crippen molar-refractivity contribution in [2.75, 3.05) is 0 Å². The lowest BCUT2D eigenvalue weighted by molar-refractivity contribution is 0.0936. The van der Waals surface area contributed by atoms with E-state index in [9.17, 15) is 9.90 Å². The molecule has 156 valence electrons. The summed E-state index contributed by atoms with van der Waals surface area (Å²) in [7, 11) is 0. The molecule has 6 heteroatoms. The van der Waals surface area contributed by atoms with Crippen LogP contribution >= 0.6 is 0 Å². The van der Waals surface area contributed by atoms with Crippen LogP contribution in [0.5, 0.6) is 5.75 Å². The Kier molecular flexibility index (Phi) is 4.90. The number of aryl methyl sites for hydroxylation is 1. The molecule has 2 atom stereocenters. The van der Waals surface area contributed by atoms with Crippen LogP contribution in [0, 0.1) is 6.92 Å². The lowest BCUT2D eigenvalue weighted by Gasteiger charge is -2.22. The van der Waals surface area contributed by atoms with E-state index in [1.807, 2.05) is 19.1 Å². The first kappa shape index (κ1) is 19.3. The summed E-state index contributed by atoms with van der Waals surface area (Å²) >= 11 is 0. The van der Waals surface area contributed by atoms with E-state index in [0.29, 0.717) is 22.8 Å². The molecule has 3 N–H and O–H groups in total. The van der Waals surface area contributed by atoms with E-state index in [0.717, 1.165) is 35.9 Å². The van der Waals surface area contributed by atoms with E-state index < -0.39 is 0 Å². The Bertz CT molecular complexity index is 1230.